The summed E-state index contributed by atoms with van der Waals surface area (Å²) in [4.78, 5) is 0. The molecule has 18 heavy (non-hydrogen) atoms. The Kier molecular flexibility index (Phi) is 6.13. The number of halogens is 1. The Morgan fingerprint density at radius 2 is 2.00 bits per heavy atom. The fourth-order valence-electron chi connectivity index (χ4n) is 1.76. The molecule has 1 aromatic rings. The molecule has 102 valence electrons. The monoisotopic (exact) mass is 253 g/mol. The van der Waals surface area contributed by atoms with Crippen LogP contribution in [0.3, 0.4) is 0 Å². The minimum Gasteiger partial charge on any atom is -0.493 e. The second kappa shape index (κ2) is 7.37. The lowest BCUT2D eigenvalue weighted by Gasteiger charge is -2.19. The Balaban J connectivity index is 2.82. The number of hydrogen-bond acceptors (Lipinski definition) is 2. The third-order valence-electron chi connectivity index (χ3n) is 3.17. The van der Waals surface area contributed by atoms with Gasteiger partial charge >= 0.3 is 0 Å². The van der Waals surface area contributed by atoms with Crippen molar-refractivity contribution >= 4 is 0 Å². The molecular formula is C15H24FNO. The van der Waals surface area contributed by atoms with Gasteiger partial charge in [-0.1, -0.05) is 27.2 Å². The van der Waals surface area contributed by atoms with Gasteiger partial charge in [0.1, 0.15) is 11.6 Å². The van der Waals surface area contributed by atoms with Crippen molar-refractivity contribution in [3.63, 3.8) is 0 Å². The standard InChI is InChI=1S/C15H24FNO/c1-5-11(3)10-18-15-8-7-13(16)9-14(15)12(4)17-6-2/h7-9,11-12,17H,5-6,10H2,1-4H3. The topological polar surface area (TPSA) is 21.3 Å². The lowest BCUT2D eigenvalue weighted by Crippen LogP contribution is -2.19. The van der Waals surface area contributed by atoms with Gasteiger partial charge in [0.05, 0.1) is 6.61 Å². The first kappa shape index (κ1) is 15.0. The summed E-state index contributed by atoms with van der Waals surface area (Å²) in [5.74, 6) is 1.08. The van der Waals surface area contributed by atoms with E-state index in [2.05, 4.69) is 19.2 Å². The predicted molar refractivity (Wildman–Crippen MR) is 73.4 cm³/mol. The predicted octanol–water partition coefficient (Wildman–Crippen LogP) is 3.92. The van der Waals surface area contributed by atoms with Crippen LogP contribution < -0.4 is 10.1 Å². The number of ether oxygens (including phenoxy) is 1. The SMILES string of the molecule is CCNC(C)c1cc(F)ccc1OCC(C)CC. The van der Waals surface area contributed by atoms with Crippen LogP contribution in [0.15, 0.2) is 18.2 Å². The molecule has 0 fully saturated rings. The maximum absolute atomic E-state index is 13.3. The van der Waals surface area contributed by atoms with Crippen molar-refractivity contribution < 1.29 is 9.13 Å². The van der Waals surface area contributed by atoms with Gasteiger partial charge < -0.3 is 10.1 Å². The lowest BCUT2D eigenvalue weighted by atomic mass is 10.1. The van der Waals surface area contributed by atoms with E-state index in [1.54, 1.807) is 12.1 Å². The highest BCUT2D eigenvalue weighted by atomic mass is 19.1. The van der Waals surface area contributed by atoms with E-state index in [0.717, 1.165) is 24.3 Å². The van der Waals surface area contributed by atoms with E-state index in [0.29, 0.717) is 12.5 Å². The Morgan fingerprint density at radius 3 is 2.61 bits per heavy atom. The molecule has 0 aromatic heterocycles. The lowest BCUT2D eigenvalue weighted by molar-refractivity contribution is 0.252. The summed E-state index contributed by atoms with van der Waals surface area (Å²) in [6.45, 7) is 9.87. The molecule has 0 radical (unpaired) electrons. The van der Waals surface area contributed by atoms with E-state index in [1.807, 2.05) is 13.8 Å². The van der Waals surface area contributed by atoms with Gasteiger partial charge in [-0.05, 0) is 37.6 Å². The minimum atomic E-state index is -0.217. The van der Waals surface area contributed by atoms with E-state index >= 15 is 0 Å². The molecule has 0 bridgehead atoms. The number of benzene rings is 1. The zero-order valence-electron chi connectivity index (χ0n) is 11.8. The van der Waals surface area contributed by atoms with Crippen molar-refractivity contribution in [1.82, 2.24) is 5.32 Å². The zero-order chi connectivity index (χ0) is 13.5. The average molecular weight is 253 g/mol. The van der Waals surface area contributed by atoms with Gasteiger partial charge in [-0.25, -0.2) is 4.39 Å². The van der Waals surface area contributed by atoms with Crippen LogP contribution in [0.2, 0.25) is 0 Å². The van der Waals surface area contributed by atoms with Crippen LogP contribution in [0.25, 0.3) is 0 Å². The number of rotatable bonds is 7. The van der Waals surface area contributed by atoms with Crippen LogP contribution in [0, 0.1) is 11.7 Å². The van der Waals surface area contributed by atoms with Gasteiger partial charge in [0, 0.05) is 11.6 Å². The van der Waals surface area contributed by atoms with E-state index in [9.17, 15) is 4.39 Å². The van der Waals surface area contributed by atoms with Crippen molar-refractivity contribution in [3.8, 4) is 5.75 Å². The van der Waals surface area contributed by atoms with Gasteiger partial charge in [0.2, 0.25) is 0 Å². The van der Waals surface area contributed by atoms with Crippen LogP contribution in [-0.2, 0) is 0 Å². The van der Waals surface area contributed by atoms with Crippen LogP contribution in [-0.4, -0.2) is 13.2 Å². The second-order valence-electron chi connectivity index (χ2n) is 4.79. The first-order chi connectivity index (χ1) is 8.58. The summed E-state index contributed by atoms with van der Waals surface area (Å²) in [5, 5.41) is 3.28. The fourth-order valence-corrected chi connectivity index (χ4v) is 1.76. The molecule has 0 saturated heterocycles. The van der Waals surface area contributed by atoms with E-state index in [1.165, 1.54) is 6.07 Å². The summed E-state index contributed by atoms with van der Waals surface area (Å²) in [6, 6.07) is 4.83. The molecule has 0 heterocycles. The van der Waals surface area contributed by atoms with Crippen molar-refractivity contribution in [2.75, 3.05) is 13.2 Å². The molecule has 0 amide bonds. The van der Waals surface area contributed by atoms with Gasteiger partial charge in [-0.3, -0.25) is 0 Å². The van der Waals surface area contributed by atoms with Crippen LogP contribution in [0.5, 0.6) is 5.75 Å². The summed E-state index contributed by atoms with van der Waals surface area (Å²) in [7, 11) is 0. The average Bonchev–Trinajstić information content (AvgIpc) is 2.37. The molecule has 0 spiro atoms. The first-order valence-electron chi connectivity index (χ1n) is 6.74. The Labute approximate surface area is 110 Å². The van der Waals surface area contributed by atoms with Crippen molar-refractivity contribution in [2.45, 2.75) is 40.2 Å². The molecule has 2 atom stereocenters. The Morgan fingerprint density at radius 1 is 1.28 bits per heavy atom. The van der Waals surface area contributed by atoms with Crippen LogP contribution >= 0.6 is 0 Å². The molecule has 0 aliphatic rings. The fraction of sp³-hybridized carbons (Fsp3) is 0.600. The highest BCUT2D eigenvalue weighted by Gasteiger charge is 2.12. The molecular weight excluding hydrogens is 229 g/mol. The largest absolute Gasteiger partial charge is 0.493 e. The van der Waals surface area contributed by atoms with Gasteiger partial charge in [0.15, 0.2) is 0 Å². The third kappa shape index (κ3) is 4.30. The summed E-state index contributed by atoms with van der Waals surface area (Å²) in [5.41, 5.74) is 0.889. The molecule has 2 unspecified atom stereocenters. The Bertz CT molecular complexity index is 368. The molecule has 0 aliphatic heterocycles. The minimum absolute atomic E-state index is 0.0950. The second-order valence-corrected chi connectivity index (χ2v) is 4.79. The van der Waals surface area contributed by atoms with E-state index < -0.39 is 0 Å². The number of nitrogens with one attached hydrogen (secondary N) is 1. The maximum Gasteiger partial charge on any atom is 0.124 e. The van der Waals surface area contributed by atoms with Crippen molar-refractivity contribution in [2.24, 2.45) is 5.92 Å². The molecule has 1 aromatic carbocycles. The summed E-state index contributed by atoms with van der Waals surface area (Å²) in [6.07, 6.45) is 1.08. The number of hydrogen-bond donors (Lipinski definition) is 1. The quantitative estimate of drug-likeness (QED) is 0.795. The van der Waals surface area contributed by atoms with Crippen LogP contribution in [0.1, 0.15) is 45.7 Å². The molecule has 1 N–H and O–H groups in total. The van der Waals surface area contributed by atoms with Gasteiger partial charge in [-0.2, -0.15) is 0 Å². The summed E-state index contributed by atoms with van der Waals surface area (Å²) >= 11 is 0. The first-order valence-corrected chi connectivity index (χ1v) is 6.74. The summed E-state index contributed by atoms with van der Waals surface area (Å²) < 4.78 is 19.1. The highest BCUT2D eigenvalue weighted by Crippen LogP contribution is 2.26. The Hall–Kier alpha value is -1.09. The molecule has 1 rings (SSSR count). The third-order valence-corrected chi connectivity index (χ3v) is 3.17. The smallest absolute Gasteiger partial charge is 0.124 e. The molecule has 0 aliphatic carbocycles. The molecule has 0 saturated carbocycles. The highest BCUT2D eigenvalue weighted by molar-refractivity contribution is 5.36. The van der Waals surface area contributed by atoms with E-state index in [4.69, 9.17) is 4.74 Å². The zero-order valence-corrected chi connectivity index (χ0v) is 11.8. The van der Waals surface area contributed by atoms with Gasteiger partial charge in [-0.15, -0.1) is 0 Å². The van der Waals surface area contributed by atoms with Crippen molar-refractivity contribution in [1.29, 1.82) is 0 Å². The van der Waals surface area contributed by atoms with Gasteiger partial charge in [0.25, 0.3) is 0 Å². The molecule has 3 heteroatoms. The van der Waals surface area contributed by atoms with Crippen molar-refractivity contribution in [3.05, 3.63) is 29.6 Å². The maximum atomic E-state index is 13.3. The normalized spacial score (nSPS) is 14.3. The molecule has 2 nitrogen and oxygen atoms in total. The van der Waals surface area contributed by atoms with Crippen LogP contribution in [0.4, 0.5) is 4.39 Å². The van der Waals surface area contributed by atoms with E-state index in [-0.39, 0.29) is 11.9 Å².